The monoisotopic (exact) mass is 604 g/mol. The zero-order chi connectivity index (χ0) is 30.9. The summed E-state index contributed by atoms with van der Waals surface area (Å²) in [6, 6.07) is 14.0. The molecule has 0 aromatic heterocycles. The van der Waals surface area contributed by atoms with E-state index < -0.39 is 0 Å². The lowest BCUT2D eigenvalue weighted by Crippen LogP contribution is -2.22. The minimum absolute atomic E-state index is 0.449. The molecule has 0 aliphatic rings. The van der Waals surface area contributed by atoms with Crippen LogP contribution in [0.5, 0.6) is 0 Å². The predicted octanol–water partition coefficient (Wildman–Crippen LogP) is 6.75. The van der Waals surface area contributed by atoms with Crippen LogP contribution in [0.3, 0.4) is 0 Å². The van der Waals surface area contributed by atoms with Gasteiger partial charge in [-0.25, -0.2) is 0 Å². The number of alkyl halides is 1. The number of hydrogen-bond donors (Lipinski definition) is 2. The molecule has 0 bridgehead atoms. The molecule has 0 amide bonds. The summed E-state index contributed by atoms with van der Waals surface area (Å²) in [4.78, 5) is 26.6. The van der Waals surface area contributed by atoms with Crippen molar-refractivity contribution in [3.05, 3.63) is 75.7 Å². The number of rotatable bonds is 17. The van der Waals surface area contributed by atoms with E-state index >= 15 is 0 Å². The highest BCUT2D eigenvalue weighted by molar-refractivity contribution is 8.04. The van der Waals surface area contributed by atoms with Gasteiger partial charge in [-0.3, -0.25) is 14.5 Å². The summed E-state index contributed by atoms with van der Waals surface area (Å²) < 4.78 is 5.16. The average molecular weight is 605 g/mol. The van der Waals surface area contributed by atoms with Gasteiger partial charge in [0, 0.05) is 55.9 Å². The molecule has 2 N–H and O–H groups in total. The second-order valence-corrected chi connectivity index (χ2v) is 10.8. The van der Waals surface area contributed by atoms with Crippen LogP contribution in [0.4, 0.5) is 5.69 Å². The SMILES string of the molecule is CC/C=C(/C=O)SCCl.CCOCCN(C)CC.CNc1cccc(C=O)c1CN(C)Cc1cccc(CC=N)c1. The third kappa shape index (κ3) is 17.8. The lowest BCUT2D eigenvalue weighted by atomic mass is 10.0. The number of hydrogen-bond acceptors (Lipinski definition) is 8. The molecule has 9 heteroatoms. The molecular weight excluding hydrogens is 556 g/mol. The van der Waals surface area contributed by atoms with Crippen molar-refractivity contribution in [1.82, 2.24) is 9.80 Å². The van der Waals surface area contributed by atoms with Gasteiger partial charge in [0.1, 0.15) is 6.29 Å². The Bertz CT molecular complexity index is 1040. The van der Waals surface area contributed by atoms with Crippen LogP contribution in [0.15, 0.2) is 53.4 Å². The number of nitrogens with one attached hydrogen (secondary N) is 2. The molecule has 2 rings (SSSR count). The summed E-state index contributed by atoms with van der Waals surface area (Å²) in [5.74, 6) is 0. The van der Waals surface area contributed by atoms with E-state index in [-0.39, 0.29) is 0 Å². The minimum Gasteiger partial charge on any atom is -0.388 e. The molecule has 2 aromatic rings. The second kappa shape index (κ2) is 25.2. The molecule has 41 heavy (non-hydrogen) atoms. The maximum Gasteiger partial charge on any atom is 0.156 e. The van der Waals surface area contributed by atoms with Crippen LogP contribution in [-0.4, -0.2) is 81.2 Å². The zero-order valence-electron chi connectivity index (χ0n) is 25.6. The van der Waals surface area contributed by atoms with E-state index in [9.17, 15) is 9.59 Å². The Labute approximate surface area is 257 Å². The number of nitrogens with zero attached hydrogens (tertiary/aromatic N) is 2. The maximum absolute atomic E-state index is 11.3. The Balaban J connectivity index is 0.000000733. The van der Waals surface area contributed by atoms with E-state index in [0.717, 1.165) is 79.1 Å². The highest BCUT2D eigenvalue weighted by Gasteiger charge is 2.10. The van der Waals surface area contributed by atoms with Gasteiger partial charge in [-0.1, -0.05) is 56.3 Å². The van der Waals surface area contributed by atoms with Crippen molar-refractivity contribution in [2.75, 3.05) is 58.0 Å². The molecule has 0 radical (unpaired) electrons. The number of aldehydes is 2. The van der Waals surface area contributed by atoms with Gasteiger partial charge in [-0.15, -0.1) is 23.4 Å². The van der Waals surface area contributed by atoms with Crippen LogP contribution in [0.1, 0.15) is 54.2 Å². The maximum atomic E-state index is 11.3. The van der Waals surface area contributed by atoms with Crippen molar-refractivity contribution in [3.8, 4) is 0 Å². The van der Waals surface area contributed by atoms with E-state index in [1.807, 2.05) is 64.4 Å². The number of thioether (sulfide) groups is 1. The molecule has 0 aliphatic carbocycles. The molecular formula is C32H49ClN4O3S. The van der Waals surface area contributed by atoms with Gasteiger partial charge in [0.2, 0.25) is 0 Å². The highest BCUT2D eigenvalue weighted by atomic mass is 35.5. The van der Waals surface area contributed by atoms with E-state index in [1.165, 1.54) is 23.5 Å². The first-order valence-corrected chi connectivity index (χ1v) is 15.5. The topological polar surface area (TPSA) is 85.7 Å². The molecule has 0 saturated heterocycles. The Morgan fingerprint density at radius 3 is 2.32 bits per heavy atom. The smallest absolute Gasteiger partial charge is 0.156 e. The molecule has 0 atom stereocenters. The Kier molecular flexibility index (Phi) is 23.7. The van der Waals surface area contributed by atoms with Crippen molar-refractivity contribution < 1.29 is 14.3 Å². The summed E-state index contributed by atoms with van der Waals surface area (Å²) in [7, 11) is 6.01. The van der Waals surface area contributed by atoms with E-state index in [1.54, 1.807) is 0 Å². The lowest BCUT2D eigenvalue weighted by molar-refractivity contribution is -0.104. The fourth-order valence-electron chi connectivity index (χ4n) is 3.66. The zero-order valence-corrected chi connectivity index (χ0v) is 27.2. The molecule has 0 fully saturated rings. The summed E-state index contributed by atoms with van der Waals surface area (Å²) in [6.45, 7) is 11.5. The summed E-state index contributed by atoms with van der Waals surface area (Å²) >= 11 is 6.73. The molecule has 7 nitrogen and oxygen atoms in total. The first kappa shape index (κ1) is 38.5. The van der Waals surface area contributed by atoms with Gasteiger partial charge in [-0.2, -0.15) is 0 Å². The first-order valence-electron chi connectivity index (χ1n) is 13.9. The van der Waals surface area contributed by atoms with Crippen LogP contribution < -0.4 is 5.32 Å². The van der Waals surface area contributed by atoms with E-state index in [4.69, 9.17) is 21.7 Å². The summed E-state index contributed by atoms with van der Waals surface area (Å²) in [5, 5.41) is 10.8. The average Bonchev–Trinajstić information content (AvgIpc) is 2.98. The third-order valence-electron chi connectivity index (χ3n) is 5.92. The number of carbonyl (C=O) groups excluding carboxylic acids is 2. The summed E-state index contributed by atoms with van der Waals surface area (Å²) in [6.07, 6.45) is 6.57. The van der Waals surface area contributed by atoms with Crippen molar-refractivity contribution in [3.63, 3.8) is 0 Å². The summed E-state index contributed by atoms with van der Waals surface area (Å²) in [5.41, 5.74) is 5.08. The normalized spacial score (nSPS) is 10.8. The lowest BCUT2D eigenvalue weighted by Gasteiger charge is -2.20. The van der Waals surface area contributed by atoms with E-state index in [2.05, 4.69) is 41.2 Å². The number of ether oxygens (including phenoxy) is 1. The largest absolute Gasteiger partial charge is 0.388 e. The number of likely N-dealkylation sites (N-methyl/N-ethyl adjacent to an activating group) is 1. The van der Waals surface area contributed by atoms with Gasteiger partial charge in [-0.05, 0) is 63.0 Å². The van der Waals surface area contributed by atoms with Crippen molar-refractivity contribution in [2.24, 2.45) is 0 Å². The third-order valence-corrected chi connectivity index (χ3v) is 6.95. The first-order chi connectivity index (χ1) is 19.8. The van der Waals surface area contributed by atoms with Crippen LogP contribution in [-0.2, 0) is 29.0 Å². The van der Waals surface area contributed by atoms with Gasteiger partial charge in [0.15, 0.2) is 6.29 Å². The fourth-order valence-corrected chi connectivity index (χ4v) is 4.52. The molecule has 0 aliphatic heterocycles. The second-order valence-electron chi connectivity index (χ2n) is 9.12. The van der Waals surface area contributed by atoms with Gasteiger partial charge in [0.25, 0.3) is 0 Å². The van der Waals surface area contributed by atoms with Gasteiger partial charge < -0.3 is 20.4 Å². The Hall–Kier alpha value is -2.49. The number of benzene rings is 2. The molecule has 0 saturated carbocycles. The molecule has 228 valence electrons. The van der Waals surface area contributed by atoms with Gasteiger partial charge in [0.05, 0.1) is 11.8 Å². The van der Waals surface area contributed by atoms with Crippen LogP contribution in [0.2, 0.25) is 0 Å². The quantitative estimate of drug-likeness (QED) is 0.0679. The van der Waals surface area contributed by atoms with Crippen molar-refractivity contribution >= 4 is 47.8 Å². The number of carbonyl (C=O) groups is 2. The Morgan fingerprint density at radius 1 is 1.05 bits per heavy atom. The van der Waals surface area contributed by atoms with Crippen molar-refractivity contribution in [1.29, 1.82) is 5.41 Å². The molecule has 2 aromatic carbocycles. The predicted molar refractivity (Wildman–Crippen MR) is 178 cm³/mol. The number of halogens is 1. The van der Waals surface area contributed by atoms with Crippen LogP contribution in [0, 0.1) is 5.41 Å². The molecule has 0 heterocycles. The number of allylic oxidation sites excluding steroid dienone is 2. The molecule has 0 unspecified atom stereocenters. The van der Waals surface area contributed by atoms with Crippen LogP contribution >= 0.6 is 23.4 Å². The standard InChI is InChI=1S/C19H23N3O.C7H17NO.C6H9ClOS/c1-21-19-8-4-7-17(14-23)18(19)13-22(2)12-16-6-3-5-15(11-16)9-10-20;1-4-8(3)6-7-9-5-2;1-2-3-6(4-8)9-5-7/h3-8,10-11,14,20-21H,9,12-13H2,1-2H3;4-7H2,1-3H3;3-4H,2,5H2,1H3/b;;6-3-. The highest BCUT2D eigenvalue weighted by Crippen LogP contribution is 2.21. The van der Waals surface area contributed by atoms with Crippen LogP contribution in [0.25, 0.3) is 0 Å². The van der Waals surface area contributed by atoms with Crippen molar-refractivity contribution in [2.45, 2.75) is 46.7 Å². The van der Waals surface area contributed by atoms with E-state index in [0.29, 0.717) is 18.2 Å². The molecule has 0 spiro atoms. The Morgan fingerprint density at radius 2 is 1.76 bits per heavy atom. The minimum atomic E-state index is 0.449. The number of anilines is 1. The van der Waals surface area contributed by atoms with Gasteiger partial charge >= 0.3 is 0 Å². The fraction of sp³-hybridized carbons (Fsp3) is 0.469.